The Labute approximate surface area is 141 Å². The van der Waals surface area contributed by atoms with Gasteiger partial charge in [-0.3, -0.25) is 5.41 Å². The van der Waals surface area contributed by atoms with Crippen molar-refractivity contribution in [1.82, 2.24) is 20.6 Å². The number of aromatic amines is 1. The van der Waals surface area contributed by atoms with Gasteiger partial charge in [0.25, 0.3) is 0 Å². The van der Waals surface area contributed by atoms with Gasteiger partial charge in [-0.1, -0.05) is 0 Å². The molecule has 2 fully saturated rings. The van der Waals surface area contributed by atoms with Crippen LogP contribution in [0.1, 0.15) is 24.0 Å². The molecule has 0 saturated carbocycles. The van der Waals surface area contributed by atoms with E-state index in [-0.39, 0.29) is 6.04 Å². The summed E-state index contributed by atoms with van der Waals surface area (Å²) in [7, 11) is 0. The molecular formula is C18H23N5O. The molecule has 0 bridgehead atoms. The number of nitrogens with zero attached hydrogens (tertiary/aromatic N) is 1. The monoisotopic (exact) mass is 325 g/mol. The van der Waals surface area contributed by atoms with E-state index in [1.807, 2.05) is 6.20 Å². The van der Waals surface area contributed by atoms with Crippen molar-refractivity contribution in [2.75, 3.05) is 26.3 Å². The Morgan fingerprint density at radius 2 is 2.29 bits per heavy atom. The standard InChI is InChI=1S/C18H23N5O/c1-11-8-22-18-13(11)7-12(9-23-18)17(19)16(14-3-2-4-20-14)15-10-24-6-5-21-15/h7-9,14,19-21H,2-6,10H2,1H3,(H,22,23)/b16-15-,19-17?. The third-order valence-electron chi connectivity index (χ3n) is 4.86. The van der Waals surface area contributed by atoms with E-state index in [4.69, 9.17) is 10.1 Å². The molecule has 2 aromatic heterocycles. The van der Waals surface area contributed by atoms with Gasteiger partial charge in [-0.25, -0.2) is 4.98 Å². The first-order chi connectivity index (χ1) is 11.7. The Balaban J connectivity index is 1.75. The highest BCUT2D eigenvalue weighted by atomic mass is 16.5. The average molecular weight is 325 g/mol. The summed E-state index contributed by atoms with van der Waals surface area (Å²) < 4.78 is 5.62. The zero-order valence-corrected chi connectivity index (χ0v) is 13.9. The number of nitrogens with one attached hydrogen (secondary N) is 4. The fourth-order valence-corrected chi connectivity index (χ4v) is 3.57. The number of aryl methyl sites for hydroxylation is 1. The Morgan fingerprint density at radius 3 is 3.04 bits per heavy atom. The van der Waals surface area contributed by atoms with Gasteiger partial charge < -0.3 is 20.4 Å². The zero-order chi connectivity index (χ0) is 16.5. The molecule has 6 heteroatoms. The van der Waals surface area contributed by atoms with Crippen LogP contribution in [-0.4, -0.2) is 48.0 Å². The van der Waals surface area contributed by atoms with Gasteiger partial charge in [0.15, 0.2) is 0 Å². The number of H-pyrrole nitrogens is 1. The van der Waals surface area contributed by atoms with Crippen LogP contribution in [0.2, 0.25) is 0 Å². The summed E-state index contributed by atoms with van der Waals surface area (Å²) in [5.74, 6) is 0. The van der Waals surface area contributed by atoms with Crippen LogP contribution in [0.5, 0.6) is 0 Å². The predicted octanol–water partition coefficient (Wildman–Crippen LogP) is 1.87. The average Bonchev–Trinajstić information content (AvgIpc) is 3.26. The molecule has 24 heavy (non-hydrogen) atoms. The third kappa shape index (κ3) is 2.72. The van der Waals surface area contributed by atoms with E-state index in [0.717, 1.165) is 66.0 Å². The number of hydrogen-bond acceptors (Lipinski definition) is 5. The molecule has 1 atom stereocenters. The minimum atomic E-state index is 0.213. The lowest BCUT2D eigenvalue weighted by molar-refractivity contribution is 0.131. The van der Waals surface area contributed by atoms with Crippen molar-refractivity contribution >= 4 is 16.7 Å². The van der Waals surface area contributed by atoms with Crippen LogP contribution in [-0.2, 0) is 4.74 Å². The summed E-state index contributed by atoms with van der Waals surface area (Å²) >= 11 is 0. The van der Waals surface area contributed by atoms with Crippen molar-refractivity contribution in [2.24, 2.45) is 0 Å². The van der Waals surface area contributed by atoms with E-state index in [9.17, 15) is 0 Å². The van der Waals surface area contributed by atoms with E-state index < -0.39 is 0 Å². The van der Waals surface area contributed by atoms with Crippen molar-refractivity contribution < 1.29 is 4.74 Å². The topological polar surface area (TPSA) is 85.8 Å². The first-order valence-corrected chi connectivity index (χ1v) is 8.55. The molecular weight excluding hydrogens is 302 g/mol. The minimum absolute atomic E-state index is 0.213. The second-order valence-electron chi connectivity index (χ2n) is 6.49. The van der Waals surface area contributed by atoms with Crippen molar-refractivity contribution in [2.45, 2.75) is 25.8 Å². The van der Waals surface area contributed by atoms with Crippen LogP contribution in [0.25, 0.3) is 11.0 Å². The van der Waals surface area contributed by atoms with E-state index in [1.54, 1.807) is 6.20 Å². The Morgan fingerprint density at radius 1 is 1.38 bits per heavy atom. The smallest absolute Gasteiger partial charge is 0.137 e. The van der Waals surface area contributed by atoms with Gasteiger partial charge in [-0.2, -0.15) is 0 Å². The highest BCUT2D eigenvalue weighted by Crippen LogP contribution is 2.24. The molecule has 0 aliphatic carbocycles. The summed E-state index contributed by atoms with van der Waals surface area (Å²) in [6.45, 7) is 5.13. The number of fused-ring (bicyclic) bond motifs is 1. The van der Waals surface area contributed by atoms with Crippen LogP contribution < -0.4 is 10.6 Å². The fourth-order valence-electron chi connectivity index (χ4n) is 3.57. The van der Waals surface area contributed by atoms with E-state index in [0.29, 0.717) is 12.3 Å². The van der Waals surface area contributed by atoms with Gasteiger partial charge >= 0.3 is 0 Å². The lowest BCUT2D eigenvalue weighted by Crippen LogP contribution is -2.37. The van der Waals surface area contributed by atoms with Crippen molar-refractivity contribution in [3.05, 3.63) is 40.9 Å². The van der Waals surface area contributed by atoms with Crippen LogP contribution in [0, 0.1) is 12.3 Å². The molecule has 4 N–H and O–H groups in total. The van der Waals surface area contributed by atoms with Crippen molar-refractivity contribution in [3.63, 3.8) is 0 Å². The maximum absolute atomic E-state index is 8.84. The van der Waals surface area contributed by atoms with Gasteiger partial charge in [0, 0.05) is 47.2 Å². The third-order valence-corrected chi connectivity index (χ3v) is 4.86. The zero-order valence-electron chi connectivity index (χ0n) is 13.9. The summed E-state index contributed by atoms with van der Waals surface area (Å²) in [6.07, 6.45) is 5.95. The largest absolute Gasteiger partial charge is 0.384 e. The molecule has 0 amide bonds. The number of ether oxygens (including phenoxy) is 1. The Bertz CT molecular complexity index is 793. The van der Waals surface area contributed by atoms with Gasteiger partial charge in [0.05, 0.1) is 18.9 Å². The molecule has 4 heterocycles. The van der Waals surface area contributed by atoms with Crippen LogP contribution >= 0.6 is 0 Å². The van der Waals surface area contributed by atoms with Crippen LogP contribution in [0.4, 0.5) is 0 Å². The lowest BCUT2D eigenvalue weighted by atomic mass is 9.93. The van der Waals surface area contributed by atoms with Crippen LogP contribution in [0.15, 0.2) is 29.7 Å². The molecule has 2 aromatic rings. The quantitative estimate of drug-likeness (QED) is 0.649. The first kappa shape index (κ1) is 15.4. The lowest BCUT2D eigenvalue weighted by Gasteiger charge is -2.25. The maximum Gasteiger partial charge on any atom is 0.137 e. The second kappa shape index (κ2) is 6.37. The van der Waals surface area contributed by atoms with Crippen molar-refractivity contribution in [1.29, 1.82) is 5.41 Å². The van der Waals surface area contributed by atoms with E-state index >= 15 is 0 Å². The molecule has 1 unspecified atom stereocenters. The molecule has 2 aliphatic heterocycles. The molecule has 4 rings (SSSR count). The summed E-state index contributed by atoms with van der Waals surface area (Å²) in [6, 6.07) is 2.28. The predicted molar refractivity (Wildman–Crippen MR) is 94.5 cm³/mol. The van der Waals surface area contributed by atoms with Crippen molar-refractivity contribution in [3.8, 4) is 0 Å². The van der Waals surface area contributed by atoms with Gasteiger partial charge in [-0.05, 0) is 37.9 Å². The molecule has 0 radical (unpaired) electrons. The molecule has 2 aliphatic rings. The fraction of sp³-hybridized carbons (Fsp3) is 0.444. The van der Waals surface area contributed by atoms with Gasteiger partial charge in [-0.15, -0.1) is 0 Å². The molecule has 0 aromatic carbocycles. The molecule has 0 spiro atoms. The van der Waals surface area contributed by atoms with Gasteiger partial charge in [0.2, 0.25) is 0 Å². The second-order valence-corrected chi connectivity index (χ2v) is 6.49. The molecule has 126 valence electrons. The number of morpholine rings is 1. The molecule has 6 nitrogen and oxygen atoms in total. The SMILES string of the molecule is Cc1c[nH]c2ncc(C(=N)/C(=C3/COCCN3)C3CCCN3)cc12. The number of hydrogen-bond donors (Lipinski definition) is 4. The van der Waals surface area contributed by atoms with Crippen LogP contribution in [0.3, 0.4) is 0 Å². The highest BCUT2D eigenvalue weighted by molar-refractivity contribution is 6.12. The maximum atomic E-state index is 8.84. The minimum Gasteiger partial charge on any atom is -0.384 e. The Kier molecular flexibility index (Phi) is 4.08. The van der Waals surface area contributed by atoms with Gasteiger partial charge in [0.1, 0.15) is 5.65 Å². The van der Waals surface area contributed by atoms with E-state index in [2.05, 4.69) is 33.6 Å². The highest BCUT2D eigenvalue weighted by Gasteiger charge is 2.27. The first-order valence-electron chi connectivity index (χ1n) is 8.55. The molecule has 2 saturated heterocycles. The normalized spacial score (nSPS) is 23.3. The summed E-state index contributed by atoms with van der Waals surface area (Å²) in [5.41, 5.74) is 5.49. The number of aromatic nitrogens is 2. The summed E-state index contributed by atoms with van der Waals surface area (Å²) in [5, 5.41) is 16.9. The number of pyridine rings is 1. The number of rotatable bonds is 3. The summed E-state index contributed by atoms with van der Waals surface area (Å²) in [4.78, 5) is 7.65. The van der Waals surface area contributed by atoms with E-state index in [1.165, 1.54) is 0 Å². The Hall–Kier alpha value is -2.18.